The van der Waals surface area contributed by atoms with Gasteiger partial charge >= 0.3 is 5.97 Å². The Morgan fingerprint density at radius 2 is 1.80 bits per heavy atom. The molecule has 3 rings (SSSR count). The van der Waals surface area contributed by atoms with Crippen molar-refractivity contribution in [3.8, 4) is 0 Å². The minimum Gasteiger partial charge on any atom is -0.464 e. The van der Waals surface area contributed by atoms with Crippen LogP contribution in [0.3, 0.4) is 0 Å². The molecule has 1 aromatic rings. The summed E-state index contributed by atoms with van der Waals surface area (Å²) in [4.78, 5) is 40.5. The standard InChI is InChI=1S/C23H34N2O5/c1-15-20(16(2)24(3)21(15)23(28)29-4)19(26)14-25(13-18-11-8-12-30-18)22(27)17-9-6-5-7-10-17/h17-18H,5-14H2,1-4H3/t18-/m0/s1. The Balaban J connectivity index is 1.83. The fraction of sp³-hybridized carbons (Fsp3) is 0.696. The second-order valence-corrected chi connectivity index (χ2v) is 8.60. The van der Waals surface area contributed by atoms with Crippen molar-refractivity contribution in [3.63, 3.8) is 0 Å². The highest BCUT2D eigenvalue weighted by Crippen LogP contribution is 2.27. The van der Waals surface area contributed by atoms with E-state index in [0.29, 0.717) is 35.7 Å². The quantitative estimate of drug-likeness (QED) is 0.502. The van der Waals surface area contributed by atoms with E-state index in [0.717, 1.165) is 38.5 Å². The molecular formula is C23H34N2O5. The molecule has 0 aromatic carbocycles. The van der Waals surface area contributed by atoms with E-state index in [2.05, 4.69) is 0 Å². The largest absolute Gasteiger partial charge is 0.464 e. The Morgan fingerprint density at radius 1 is 1.10 bits per heavy atom. The molecule has 1 saturated carbocycles. The number of hydrogen-bond acceptors (Lipinski definition) is 5. The summed E-state index contributed by atoms with van der Waals surface area (Å²) in [5.74, 6) is -0.543. The van der Waals surface area contributed by atoms with E-state index < -0.39 is 5.97 Å². The van der Waals surface area contributed by atoms with Crippen LogP contribution in [0.25, 0.3) is 0 Å². The van der Waals surface area contributed by atoms with Gasteiger partial charge in [-0.15, -0.1) is 0 Å². The van der Waals surface area contributed by atoms with E-state index in [9.17, 15) is 14.4 Å². The molecule has 1 amide bonds. The van der Waals surface area contributed by atoms with Crippen molar-refractivity contribution in [3.05, 3.63) is 22.5 Å². The SMILES string of the molecule is COC(=O)c1c(C)c(C(=O)CN(C[C@@H]2CCCO2)C(=O)C2CCCCC2)c(C)n1C. The molecule has 0 N–H and O–H groups in total. The molecule has 0 unspecified atom stereocenters. The number of esters is 1. The van der Waals surface area contributed by atoms with Crippen molar-refractivity contribution in [1.29, 1.82) is 0 Å². The minimum atomic E-state index is -0.466. The van der Waals surface area contributed by atoms with Gasteiger partial charge in [-0.1, -0.05) is 19.3 Å². The first-order valence-corrected chi connectivity index (χ1v) is 11.0. The molecule has 2 heterocycles. The molecule has 1 aromatic heterocycles. The smallest absolute Gasteiger partial charge is 0.354 e. The Kier molecular flexibility index (Phi) is 7.34. The number of ether oxygens (including phenoxy) is 2. The average Bonchev–Trinajstić information content (AvgIpc) is 3.33. The fourth-order valence-corrected chi connectivity index (χ4v) is 4.90. The van der Waals surface area contributed by atoms with Crippen LogP contribution in [0.15, 0.2) is 0 Å². The maximum Gasteiger partial charge on any atom is 0.354 e. The Bertz CT molecular complexity index is 801. The van der Waals surface area contributed by atoms with Gasteiger partial charge in [0.2, 0.25) is 5.91 Å². The first-order valence-electron chi connectivity index (χ1n) is 11.0. The number of methoxy groups -OCH3 is 1. The van der Waals surface area contributed by atoms with Crippen molar-refractivity contribution in [2.75, 3.05) is 26.8 Å². The zero-order chi connectivity index (χ0) is 21.8. The summed E-state index contributed by atoms with van der Waals surface area (Å²) in [6.45, 7) is 4.76. The number of aromatic nitrogens is 1. The second-order valence-electron chi connectivity index (χ2n) is 8.60. The van der Waals surface area contributed by atoms with Crippen LogP contribution >= 0.6 is 0 Å². The zero-order valence-electron chi connectivity index (χ0n) is 18.7. The van der Waals surface area contributed by atoms with Crippen LogP contribution in [-0.4, -0.2) is 60.0 Å². The number of ketones is 1. The Hall–Kier alpha value is -2.15. The van der Waals surface area contributed by atoms with Gasteiger partial charge in [-0.05, 0) is 45.1 Å². The summed E-state index contributed by atoms with van der Waals surface area (Å²) in [5.41, 5.74) is 2.20. The van der Waals surface area contributed by atoms with E-state index in [1.54, 1.807) is 23.4 Å². The van der Waals surface area contributed by atoms with Gasteiger partial charge in [0.15, 0.2) is 5.78 Å². The number of nitrogens with zero attached hydrogens (tertiary/aromatic N) is 2. The van der Waals surface area contributed by atoms with Crippen LogP contribution in [0, 0.1) is 19.8 Å². The predicted octanol–water partition coefficient (Wildman–Crippen LogP) is 3.20. The van der Waals surface area contributed by atoms with Gasteiger partial charge in [0, 0.05) is 37.4 Å². The maximum atomic E-state index is 13.3. The summed E-state index contributed by atoms with van der Waals surface area (Å²) in [6.07, 6.45) is 6.99. The molecular weight excluding hydrogens is 384 g/mol. The molecule has 1 aliphatic heterocycles. The number of carbonyl (C=O) groups is 3. The third kappa shape index (κ3) is 4.61. The van der Waals surface area contributed by atoms with Crippen LogP contribution in [0.5, 0.6) is 0 Å². The maximum absolute atomic E-state index is 13.3. The number of rotatable bonds is 7. The van der Waals surface area contributed by atoms with Crippen LogP contribution < -0.4 is 0 Å². The topological polar surface area (TPSA) is 77.8 Å². The lowest BCUT2D eigenvalue weighted by Gasteiger charge is -2.30. The van der Waals surface area contributed by atoms with E-state index in [-0.39, 0.29) is 30.3 Å². The molecule has 2 fully saturated rings. The zero-order valence-corrected chi connectivity index (χ0v) is 18.7. The van der Waals surface area contributed by atoms with Crippen molar-refractivity contribution in [2.24, 2.45) is 13.0 Å². The molecule has 0 spiro atoms. The highest BCUT2D eigenvalue weighted by atomic mass is 16.5. The fourth-order valence-electron chi connectivity index (χ4n) is 4.90. The monoisotopic (exact) mass is 418 g/mol. The number of carbonyl (C=O) groups excluding carboxylic acids is 3. The van der Waals surface area contributed by atoms with Crippen LogP contribution in [0.1, 0.15) is 77.0 Å². The lowest BCUT2D eigenvalue weighted by molar-refractivity contribution is -0.137. The first kappa shape index (κ1) is 22.5. The van der Waals surface area contributed by atoms with Crippen molar-refractivity contribution >= 4 is 17.7 Å². The number of hydrogen-bond donors (Lipinski definition) is 0. The van der Waals surface area contributed by atoms with E-state index >= 15 is 0 Å². The highest BCUT2D eigenvalue weighted by molar-refractivity contribution is 6.04. The van der Waals surface area contributed by atoms with Crippen LogP contribution in [-0.2, 0) is 21.3 Å². The summed E-state index contributed by atoms with van der Waals surface area (Å²) >= 11 is 0. The van der Waals surface area contributed by atoms with Gasteiger partial charge in [-0.2, -0.15) is 0 Å². The minimum absolute atomic E-state index is 0.00319. The molecule has 166 valence electrons. The molecule has 1 saturated heterocycles. The van der Waals surface area contributed by atoms with Crippen LogP contribution in [0.2, 0.25) is 0 Å². The Morgan fingerprint density at radius 3 is 2.40 bits per heavy atom. The molecule has 7 heteroatoms. The van der Waals surface area contributed by atoms with Gasteiger partial charge in [0.05, 0.1) is 19.8 Å². The normalized spacial score (nSPS) is 19.7. The molecule has 0 bridgehead atoms. The summed E-state index contributed by atoms with van der Waals surface area (Å²) in [5, 5.41) is 0. The van der Waals surface area contributed by atoms with Gasteiger partial charge in [-0.25, -0.2) is 4.79 Å². The summed E-state index contributed by atoms with van der Waals surface area (Å²) < 4.78 is 12.3. The van der Waals surface area contributed by atoms with Gasteiger partial charge in [0.25, 0.3) is 0 Å². The van der Waals surface area contributed by atoms with Crippen molar-refractivity contribution < 1.29 is 23.9 Å². The molecule has 1 atom stereocenters. The molecule has 0 radical (unpaired) electrons. The number of Topliss-reactive ketones (excluding diaryl/α,β-unsaturated/α-hetero) is 1. The van der Waals surface area contributed by atoms with Gasteiger partial charge < -0.3 is 18.9 Å². The Labute approximate surface area is 178 Å². The van der Waals surface area contributed by atoms with Crippen LogP contribution in [0.4, 0.5) is 0 Å². The van der Waals surface area contributed by atoms with E-state index in [1.807, 2.05) is 6.92 Å². The molecule has 30 heavy (non-hydrogen) atoms. The second kappa shape index (κ2) is 9.77. The van der Waals surface area contributed by atoms with E-state index in [4.69, 9.17) is 9.47 Å². The lowest BCUT2D eigenvalue weighted by atomic mass is 9.88. The third-order valence-corrected chi connectivity index (χ3v) is 6.64. The molecule has 2 aliphatic rings. The summed E-state index contributed by atoms with van der Waals surface area (Å²) in [7, 11) is 3.08. The summed E-state index contributed by atoms with van der Waals surface area (Å²) in [6, 6.07) is 0. The molecule has 7 nitrogen and oxygen atoms in total. The highest BCUT2D eigenvalue weighted by Gasteiger charge is 2.32. The third-order valence-electron chi connectivity index (χ3n) is 6.64. The predicted molar refractivity (Wildman–Crippen MR) is 113 cm³/mol. The first-order chi connectivity index (χ1) is 14.3. The number of amides is 1. The van der Waals surface area contributed by atoms with E-state index in [1.165, 1.54) is 13.5 Å². The van der Waals surface area contributed by atoms with Crippen molar-refractivity contribution in [1.82, 2.24) is 9.47 Å². The molecule has 1 aliphatic carbocycles. The lowest BCUT2D eigenvalue weighted by Crippen LogP contribution is -2.44. The van der Waals surface area contributed by atoms with Crippen molar-refractivity contribution in [2.45, 2.75) is 64.9 Å². The van der Waals surface area contributed by atoms with Gasteiger partial charge in [-0.3, -0.25) is 9.59 Å². The average molecular weight is 419 g/mol. The van der Waals surface area contributed by atoms with Gasteiger partial charge in [0.1, 0.15) is 5.69 Å².